The molecule has 1 aromatic rings. The Morgan fingerprint density at radius 2 is 2.26 bits per heavy atom. The van der Waals surface area contributed by atoms with Gasteiger partial charge in [-0.2, -0.15) is 0 Å². The van der Waals surface area contributed by atoms with Crippen LogP contribution < -0.4 is 11.5 Å². The number of rotatable bonds is 3. The number of nitrogens with two attached hydrogens (primary N) is 2. The van der Waals surface area contributed by atoms with Crippen molar-refractivity contribution in [1.29, 1.82) is 0 Å². The largest absolute Gasteiger partial charge is 0.366 e. The van der Waals surface area contributed by atoms with Crippen molar-refractivity contribution in [1.82, 2.24) is 4.90 Å². The highest BCUT2D eigenvalue weighted by atomic mass is 19.1. The zero-order chi connectivity index (χ0) is 14.0. The van der Waals surface area contributed by atoms with Gasteiger partial charge < -0.3 is 11.5 Å². The first-order valence-corrected chi connectivity index (χ1v) is 6.53. The molecule has 0 bridgehead atoms. The monoisotopic (exact) mass is 265 g/mol. The van der Waals surface area contributed by atoms with Crippen LogP contribution in [-0.4, -0.2) is 29.9 Å². The zero-order valence-corrected chi connectivity index (χ0v) is 11.1. The Labute approximate surface area is 112 Å². The molecule has 2 unspecified atom stereocenters. The first-order chi connectivity index (χ1) is 8.97. The predicted octanol–water partition coefficient (Wildman–Crippen LogP) is 1.09. The zero-order valence-electron chi connectivity index (χ0n) is 11.1. The summed E-state index contributed by atoms with van der Waals surface area (Å²) in [5.41, 5.74) is 12.1. The number of piperidine rings is 1. The van der Waals surface area contributed by atoms with Crippen molar-refractivity contribution in [3.8, 4) is 0 Å². The quantitative estimate of drug-likeness (QED) is 0.859. The van der Waals surface area contributed by atoms with Crippen molar-refractivity contribution in [3.63, 3.8) is 0 Å². The standard InChI is InChI=1S/C14H20FN3O/c1-9-4-5-18(8-13(9)16)7-11-6-10(14(17)19)2-3-12(11)15/h2-3,6,9,13H,4-5,7-8,16H2,1H3,(H2,17,19). The Kier molecular flexibility index (Phi) is 4.17. The molecule has 4 nitrogen and oxygen atoms in total. The SMILES string of the molecule is CC1CCN(Cc2cc(C(N)=O)ccc2F)CC1N. The number of hydrogen-bond acceptors (Lipinski definition) is 3. The molecule has 0 aliphatic carbocycles. The lowest BCUT2D eigenvalue weighted by Crippen LogP contribution is -2.47. The van der Waals surface area contributed by atoms with Crippen LogP contribution in [0.25, 0.3) is 0 Å². The van der Waals surface area contributed by atoms with E-state index in [-0.39, 0.29) is 11.9 Å². The molecule has 0 radical (unpaired) electrons. The van der Waals surface area contributed by atoms with Crippen LogP contribution in [0.3, 0.4) is 0 Å². The van der Waals surface area contributed by atoms with Crippen molar-refractivity contribution < 1.29 is 9.18 Å². The molecule has 5 heteroatoms. The van der Waals surface area contributed by atoms with E-state index in [4.69, 9.17) is 11.5 Å². The molecule has 19 heavy (non-hydrogen) atoms. The predicted molar refractivity (Wildman–Crippen MR) is 72.0 cm³/mol. The Balaban J connectivity index is 2.10. The lowest BCUT2D eigenvalue weighted by molar-refractivity contribution is 0.1000. The number of carbonyl (C=O) groups is 1. The maximum Gasteiger partial charge on any atom is 0.248 e. The van der Waals surface area contributed by atoms with Crippen LogP contribution in [0.2, 0.25) is 0 Å². The molecule has 4 N–H and O–H groups in total. The minimum Gasteiger partial charge on any atom is -0.366 e. The van der Waals surface area contributed by atoms with Crippen LogP contribution in [0, 0.1) is 11.7 Å². The summed E-state index contributed by atoms with van der Waals surface area (Å²) in [6.07, 6.45) is 1.01. The summed E-state index contributed by atoms with van der Waals surface area (Å²) in [4.78, 5) is 13.2. The van der Waals surface area contributed by atoms with E-state index in [1.807, 2.05) is 0 Å². The van der Waals surface area contributed by atoms with Gasteiger partial charge in [0.05, 0.1) is 0 Å². The van der Waals surface area contributed by atoms with Gasteiger partial charge in [-0.05, 0) is 37.1 Å². The van der Waals surface area contributed by atoms with Crippen LogP contribution in [0.5, 0.6) is 0 Å². The molecule has 1 fully saturated rings. The second-order valence-corrected chi connectivity index (χ2v) is 5.34. The first-order valence-electron chi connectivity index (χ1n) is 6.53. The molecule has 1 aliphatic heterocycles. The van der Waals surface area contributed by atoms with E-state index in [2.05, 4.69) is 11.8 Å². The van der Waals surface area contributed by atoms with E-state index in [0.717, 1.165) is 19.5 Å². The van der Waals surface area contributed by atoms with E-state index in [0.29, 0.717) is 23.6 Å². The number of benzene rings is 1. The third-order valence-electron chi connectivity index (χ3n) is 3.82. The maximum absolute atomic E-state index is 13.8. The van der Waals surface area contributed by atoms with Gasteiger partial charge in [-0.25, -0.2) is 4.39 Å². The Morgan fingerprint density at radius 3 is 2.89 bits per heavy atom. The fourth-order valence-electron chi connectivity index (χ4n) is 2.40. The number of hydrogen-bond donors (Lipinski definition) is 2. The van der Waals surface area contributed by atoms with Crippen molar-refractivity contribution >= 4 is 5.91 Å². The summed E-state index contributed by atoms with van der Waals surface area (Å²) in [5.74, 6) is -0.347. The summed E-state index contributed by atoms with van der Waals surface area (Å²) in [6, 6.07) is 4.35. The minimum absolute atomic E-state index is 0.121. The summed E-state index contributed by atoms with van der Waals surface area (Å²) in [7, 11) is 0. The van der Waals surface area contributed by atoms with E-state index < -0.39 is 5.91 Å². The van der Waals surface area contributed by atoms with Crippen LogP contribution in [0.4, 0.5) is 4.39 Å². The highest BCUT2D eigenvalue weighted by Gasteiger charge is 2.23. The topological polar surface area (TPSA) is 72.3 Å². The van der Waals surface area contributed by atoms with Crippen LogP contribution in [0.15, 0.2) is 18.2 Å². The molecular formula is C14H20FN3O. The number of primary amides is 1. The summed E-state index contributed by atoms with van der Waals surface area (Å²) in [6.45, 7) is 4.25. The number of likely N-dealkylation sites (tertiary alicyclic amines) is 1. The molecular weight excluding hydrogens is 245 g/mol. The van der Waals surface area contributed by atoms with Crippen LogP contribution >= 0.6 is 0 Å². The van der Waals surface area contributed by atoms with Gasteiger partial charge in [0, 0.05) is 30.3 Å². The van der Waals surface area contributed by atoms with Gasteiger partial charge >= 0.3 is 0 Å². The lowest BCUT2D eigenvalue weighted by atomic mass is 9.94. The molecule has 0 saturated carbocycles. The molecule has 1 amide bonds. The van der Waals surface area contributed by atoms with Crippen LogP contribution in [-0.2, 0) is 6.54 Å². The van der Waals surface area contributed by atoms with Crippen LogP contribution in [0.1, 0.15) is 29.3 Å². The first kappa shape index (κ1) is 14.0. The van der Waals surface area contributed by atoms with Gasteiger partial charge in [-0.15, -0.1) is 0 Å². The maximum atomic E-state index is 13.8. The van der Waals surface area contributed by atoms with Crippen molar-refractivity contribution in [3.05, 3.63) is 35.1 Å². The molecule has 0 spiro atoms. The number of nitrogens with zero attached hydrogens (tertiary/aromatic N) is 1. The van der Waals surface area contributed by atoms with E-state index in [9.17, 15) is 9.18 Å². The molecule has 1 saturated heterocycles. The Hall–Kier alpha value is -1.46. The average Bonchev–Trinajstić information content (AvgIpc) is 2.36. The smallest absolute Gasteiger partial charge is 0.248 e. The third-order valence-corrected chi connectivity index (χ3v) is 3.82. The van der Waals surface area contributed by atoms with Gasteiger partial charge in [0.2, 0.25) is 5.91 Å². The van der Waals surface area contributed by atoms with E-state index in [1.165, 1.54) is 18.2 Å². The van der Waals surface area contributed by atoms with Gasteiger partial charge in [0.15, 0.2) is 0 Å². The average molecular weight is 265 g/mol. The number of carbonyl (C=O) groups excluding carboxylic acids is 1. The Bertz CT molecular complexity index is 478. The van der Waals surface area contributed by atoms with Gasteiger partial charge in [0.1, 0.15) is 5.82 Å². The molecule has 104 valence electrons. The van der Waals surface area contributed by atoms with Crippen molar-refractivity contribution in [2.24, 2.45) is 17.4 Å². The molecule has 1 heterocycles. The highest BCUT2D eigenvalue weighted by molar-refractivity contribution is 5.92. The van der Waals surface area contributed by atoms with E-state index >= 15 is 0 Å². The van der Waals surface area contributed by atoms with Crippen molar-refractivity contribution in [2.45, 2.75) is 25.9 Å². The third kappa shape index (κ3) is 3.30. The summed E-state index contributed by atoms with van der Waals surface area (Å²) < 4.78 is 13.8. The van der Waals surface area contributed by atoms with Gasteiger partial charge in [0.25, 0.3) is 0 Å². The molecule has 1 aromatic carbocycles. The fourth-order valence-corrected chi connectivity index (χ4v) is 2.40. The molecule has 0 aromatic heterocycles. The lowest BCUT2D eigenvalue weighted by Gasteiger charge is -2.35. The second kappa shape index (κ2) is 5.67. The molecule has 1 aliphatic rings. The summed E-state index contributed by atoms with van der Waals surface area (Å²) >= 11 is 0. The number of halogens is 1. The second-order valence-electron chi connectivity index (χ2n) is 5.34. The van der Waals surface area contributed by atoms with Gasteiger partial charge in [-0.3, -0.25) is 9.69 Å². The van der Waals surface area contributed by atoms with Gasteiger partial charge in [-0.1, -0.05) is 6.92 Å². The fraction of sp³-hybridized carbons (Fsp3) is 0.500. The normalized spacial score (nSPS) is 24.4. The van der Waals surface area contributed by atoms with E-state index in [1.54, 1.807) is 0 Å². The van der Waals surface area contributed by atoms with Crippen molar-refractivity contribution in [2.75, 3.05) is 13.1 Å². The minimum atomic E-state index is -0.537. The molecule has 2 atom stereocenters. The number of amides is 1. The molecule has 2 rings (SSSR count). The highest BCUT2D eigenvalue weighted by Crippen LogP contribution is 2.19. The summed E-state index contributed by atoms with van der Waals surface area (Å²) in [5, 5.41) is 0. The Morgan fingerprint density at radius 1 is 1.53 bits per heavy atom.